The maximum atomic E-state index is 13.4. The van der Waals surface area contributed by atoms with Crippen molar-refractivity contribution in [2.75, 3.05) is 13.7 Å². The number of ether oxygens (including phenoxy) is 2. The number of hydrogen-bond donors (Lipinski definition) is 0. The highest BCUT2D eigenvalue weighted by atomic mass is 19.1. The number of carbonyl (C=O) groups excluding carboxylic acids is 2. The minimum absolute atomic E-state index is 0.198. The quantitative estimate of drug-likeness (QED) is 0.761. The second-order valence-corrected chi connectivity index (χ2v) is 7.02. The Morgan fingerprint density at radius 2 is 2.00 bits per heavy atom. The van der Waals surface area contributed by atoms with Gasteiger partial charge in [-0.3, -0.25) is 4.90 Å². The van der Waals surface area contributed by atoms with Crippen LogP contribution in [0.25, 0.3) is 5.57 Å². The third-order valence-corrected chi connectivity index (χ3v) is 3.94. The third kappa shape index (κ3) is 4.59. The lowest BCUT2D eigenvalue weighted by molar-refractivity contribution is -0.145. The summed E-state index contributed by atoms with van der Waals surface area (Å²) in [5.74, 6) is -1.16. The van der Waals surface area contributed by atoms with E-state index in [1.807, 2.05) is 0 Å². The topological polar surface area (TPSA) is 55.8 Å². The van der Waals surface area contributed by atoms with Crippen molar-refractivity contribution in [2.45, 2.75) is 45.5 Å². The zero-order chi connectivity index (χ0) is 19.5. The second kappa shape index (κ2) is 7.85. The summed E-state index contributed by atoms with van der Waals surface area (Å²) in [6.45, 7) is 4.56. The van der Waals surface area contributed by atoms with Crippen LogP contribution in [0.2, 0.25) is 0 Å². The fourth-order valence-electron chi connectivity index (χ4n) is 2.80. The highest BCUT2D eigenvalue weighted by Crippen LogP contribution is 2.30. The Balaban J connectivity index is 2.38. The molecule has 1 amide bonds. The minimum Gasteiger partial charge on any atom is -0.467 e. The molecule has 0 N–H and O–H groups in total. The molecule has 0 fully saturated rings. The molecule has 2 rings (SSSR count). The zero-order valence-electron chi connectivity index (χ0n) is 15.3. The molecule has 1 aromatic rings. The van der Waals surface area contributed by atoms with Crippen molar-refractivity contribution in [1.82, 2.24) is 4.90 Å². The van der Waals surface area contributed by atoms with E-state index < -0.39 is 36.2 Å². The molecule has 0 aliphatic carbocycles. The average Bonchev–Trinajstić information content (AvgIpc) is 2.58. The monoisotopic (exact) mass is 367 g/mol. The van der Waals surface area contributed by atoms with Crippen LogP contribution < -0.4 is 0 Å². The highest BCUT2D eigenvalue weighted by Gasteiger charge is 2.35. The van der Waals surface area contributed by atoms with Crippen LogP contribution >= 0.6 is 0 Å². The van der Waals surface area contributed by atoms with E-state index in [2.05, 4.69) is 0 Å². The van der Waals surface area contributed by atoms with E-state index in [-0.39, 0.29) is 12.1 Å². The molecule has 1 atom stereocenters. The van der Waals surface area contributed by atoms with E-state index in [1.165, 1.54) is 24.1 Å². The molecule has 1 unspecified atom stereocenters. The van der Waals surface area contributed by atoms with Gasteiger partial charge in [-0.05, 0) is 62.1 Å². The van der Waals surface area contributed by atoms with Crippen molar-refractivity contribution >= 4 is 17.6 Å². The molecule has 26 heavy (non-hydrogen) atoms. The fraction of sp³-hybridized carbons (Fsp3) is 0.474. The number of methoxy groups -OCH3 is 1. The van der Waals surface area contributed by atoms with Gasteiger partial charge in [0.1, 0.15) is 18.1 Å². The van der Waals surface area contributed by atoms with Gasteiger partial charge in [-0.25, -0.2) is 18.4 Å². The number of nitrogens with zero attached hydrogens (tertiary/aromatic N) is 1. The summed E-state index contributed by atoms with van der Waals surface area (Å²) in [5.41, 5.74) is 0.671. The Kier molecular flexibility index (Phi) is 6.00. The van der Waals surface area contributed by atoms with Crippen LogP contribution in [-0.2, 0) is 20.9 Å². The molecule has 5 nitrogen and oxygen atoms in total. The molecule has 1 aliphatic heterocycles. The molecule has 0 radical (unpaired) electrons. The lowest BCUT2D eigenvalue weighted by atomic mass is 9.92. The first kappa shape index (κ1) is 19.9. The normalized spacial score (nSPS) is 17.5. The van der Waals surface area contributed by atoms with Crippen LogP contribution in [0.1, 0.15) is 38.3 Å². The van der Waals surface area contributed by atoms with Gasteiger partial charge in [-0.15, -0.1) is 0 Å². The minimum atomic E-state index is -0.990. The van der Waals surface area contributed by atoms with E-state index in [0.717, 1.165) is 6.07 Å². The molecule has 142 valence electrons. The summed E-state index contributed by atoms with van der Waals surface area (Å²) in [7, 11) is 1.22. The fourth-order valence-corrected chi connectivity index (χ4v) is 2.80. The summed E-state index contributed by atoms with van der Waals surface area (Å²) in [6.07, 6.45) is 1.30. The Morgan fingerprint density at radius 1 is 1.31 bits per heavy atom. The summed E-state index contributed by atoms with van der Waals surface area (Å²) < 4.78 is 36.8. The molecule has 1 heterocycles. The van der Waals surface area contributed by atoms with Gasteiger partial charge in [0, 0.05) is 6.54 Å². The predicted molar refractivity (Wildman–Crippen MR) is 92.6 cm³/mol. The Morgan fingerprint density at radius 3 is 2.58 bits per heavy atom. The van der Waals surface area contributed by atoms with Crippen LogP contribution in [0.5, 0.6) is 0 Å². The first-order valence-corrected chi connectivity index (χ1v) is 8.29. The number of amides is 1. The van der Waals surface area contributed by atoms with E-state index in [4.69, 9.17) is 9.47 Å². The van der Waals surface area contributed by atoms with Gasteiger partial charge in [0.2, 0.25) is 0 Å². The lowest BCUT2D eigenvalue weighted by Gasteiger charge is -2.34. The maximum Gasteiger partial charge on any atom is 0.411 e. The first-order chi connectivity index (χ1) is 12.2. The second-order valence-electron chi connectivity index (χ2n) is 7.02. The molecule has 0 spiro atoms. The van der Waals surface area contributed by atoms with Crippen LogP contribution in [0.3, 0.4) is 0 Å². The SMILES string of the molecule is COC(=O)C1C=C(c2ccc(F)cc2CF)CCN1C(=O)OC(C)(C)C. The van der Waals surface area contributed by atoms with Crippen LogP contribution in [0.4, 0.5) is 13.6 Å². The van der Waals surface area contributed by atoms with E-state index in [9.17, 15) is 18.4 Å². The molecular formula is C19H23F2NO4. The van der Waals surface area contributed by atoms with Gasteiger partial charge in [0.05, 0.1) is 7.11 Å². The zero-order valence-corrected chi connectivity index (χ0v) is 15.3. The van der Waals surface area contributed by atoms with Gasteiger partial charge in [-0.2, -0.15) is 0 Å². The molecule has 0 bridgehead atoms. The van der Waals surface area contributed by atoms with Gasteiger partial charge in [0.25, 0.3) is 0 Å². The molecule has 0 aromatic heterocycles. The number of halogens is 2. The number of carbonyl (C=O) groups is 2. The lowest BCUT2D eigenvalue weighted by Crippen LogP contribution is -2.49. The average molecular weight is 367 g/mol. The van der Waals surface area contributed by atoms with Crippen LogP contribution in [0, 0.1) is 5.82 Å². The van der Waals surface area contributed by atoms with Gasteiger partial charge in [-0.1, -0.05) is 6.07 Å². The molecule has 1 aliphatic rings. The summed E-state index contributed by atoms with van der Waals surface area (Å²) in [5, 5.41) is 0. The Labute approximate surface area is 151 Å². The van der Waals surface area contributed by atoms with Crippen molar-refractivity contribution in [2.24, 2.45) is 0 Å². The molecule has 0 saturated heterocycles. The van der Waals surface area contributed by atoms with Crippen molar-refractivity contribution in [3.8, 4) is 0 Å². The smallest absolute Gasteiger partial charge is 0.411 e. The molecular weight excluding hydrogens is 344 g/mol. The van der Waals surface area contributed by atoms with Gasteiger partial charge < -0.3 is 9.47 Å². The number of rotatable bonds is 3. The van der Waals surface area contributed by atoms with E-state index in [0.29, 0.717) is 17.6 Å². The molecule has 0 saturated carbocycles. The van der Waals surface area contributed by atoms with Gasteiger partial charge >= 0.3 is 12.1 Å². The Bertz CT molecular complexity index is 725. The van der Waals surface area contributed by atoms with Crippen LogP contribution in [0.15, 0.2) is 24.3 Å². The van der Waals surface area contributed by atoms with E-state index >= 15 is 0 Å². The largest absolute Gasteiger partial charge is 0.467 e. The maximum absolute atomic E-state index is 13.4. The number of hydrogen-bond acceptors (Lipinski definition) is 4. The van der Waals surface area contributed by atoms with Crippen molar-refractivity contribution < 1.29 is 27.8 Å². The van der Waals surface area contributed by atoms with Crippen molar-refractivity contribution in [1.29, 1.82) is 0 Å². The molecule has 7 heteroatoms. The predicted octanol–water partition coefficient (Wildman–Crippen LogP) is 3.86. The first-order valence-electron chi connectivity index (χ1n) is 8.29. The Hall–Kier alpha value is -2.44. The summed E-state index contributed by atoms with van der Waals surface area (Å²) in [4.78, 5) is 25.9. The van der Waals surface area contributed by atoms with Crippen molar-refractivity contribution in [3.05, 3.63) is 41.2 Å². The summed E-state index contributed by atoms with van der Waals surface area (Å²) >= 11 is 0. The number of alkyl halides is 1. The van der Waals surface area contributed by atoms with E-state index in [1.54, 1.807) is 26.8 Å². The van der Waals surface area contributed by atoms with Gasteiger partial charge in [0.15, 0.2) is 6.04 Å². The number of esters is 1. The molecule has 1 aromatic carbocycles. The highest BCUT2D eigenvalue weighted by molar-refractivity contribution is 5.87. The third-order valence-electron chi connectivity index (χ3n) is 3.94. The summed E-state index contributed by atoms with van der Waals surface area (Å²) in [6, 6.07) is 2.86. The van der Waals surface area contributed by atoms with Crippen molar-refractivity contribution in [3.63, 3.8) is 0 Å². The van der Waals surface area contributed by atoms with Crippen LogP contribution in [-0.4, -0.2) is 42.3 Å². The number of benzene rings is 1. The standard InChI is InChI=1S/C19H23F2NO4/c1-19(2,3)26-18(24)22-8-7-12(10-16(22)17(23)25-4)15-6-5-14(21)9-13(15)11-20/h5-6,9-10,16H,7-8,11H2,1-4H3.